The summed E-state index contributed by atoms with van der Waals surface area (Å²) in [6.07, 6.45) is 3.43. The highest BCUT2D eigenvalue weighted by atomic mass is 16.2. The Balaban J connectivity index is 1.48. The molecule has 4 rings (SSSR count). The summed E-state index contributed by atoms with van der Waals surface area (Å²) in [5.41, 5.74) is 4.12. The van der Waals surface area contributed by atoms with E-state index in [9.17, 15) is 9.59 Å². The molecular weight excluding hydrogens is 378 g/mol. The Hall–Kier alpha value is -3.48. The van der Waals surface area contributed by atoms with Crippen molar-refractivity contribution in [2.24, 2.45) is 5.92 Å². The van der Waals surface area contributed by atoms with E-state index in [0.717, 1.165) is 16.8 Å². The zero-order valence-corrected chi connectivity index (χ0v) is 17.2. The van der Waals surface area contributed by atoms with E-state index < -0.39 is 5.92 Å². The first kappa shape index (κ1) is 19.8. The highest BCUT2D eigenvalue weighted by molar-refractivity contribution is 6.00. The third kappa shape index (κ3) is 4.25. The Kier molecular flexibility index (Phi) is 5.61. The van der Waals surface area contributed by atoms with E-state index in [1.54, 1.807) is 22.1 Å². The average Bonchev–Trinajstić information content (AvgIpc) is 3.40. The van der Waals surface area contributed by atoms with Crippen molar-refractivity contribution in [3.05, 3.63) is 77.6 Å². The molecule has 0 radical (unpaired) electrons. The van der Waals surface area contributed by atoms with Crippen LogP contribution in [0.25, 0.3) is 0 Å². The molecule has 30 heavy (non-hydrogen) atoms. The largest absolute Gasteiger partial charge is 0.347 e. The minimum absolute atomic E-state index is 0.0246. The smallest absolute Gasteiger partial charge is 0.227 e. The van der Waals surface area contributed by atoms with Gasteiger partial charge in [0.1, 0.15) is 0 Å². The number of aromatic nitrogens is 3. The van der Waals surface area contributed by atoms with Crippen molar-refractivity contribution in [1.82, 2.24) is 20.3 Å². The minimum atomic E-state index is -0.393. The summed E-state index contributed by atoms with van der Waals surface area (Å²) in [7, 11) is 0. The van der Waals surface area contributed by atoms with Crippen LogP contribution in [-0.4, -0.2) is 33.4 Å². The minimum Gasteiger partial charge on any atom is -0.347 e. The van der Waals surface area contributed by atoms with Gasteiger partial charge in [-0.2, -0.15) is 15.0 Å². The maximum Gasteiger partial charge on any atom is 0.227 e. The lowest BCUT2D eigenvalue weighted by atomic mass is 10.0. The summed E-state index contributed by atoms with van der Waals surface area (Å²) in [4.78, 5) is 28.9. The van der Waals surface area contributed by atoms with Crippen LogP contribution in [0.15, 0.2) is 60.9 Å². The van der Waals surface area contributed by atoms with E-state index in [1.165, 1.54) is 5.56 Å². The molecule has 2 amide bonds. The molecule has 2 heterocycles. The molecule has 0 spiro atoms. The summed E-state index contributed by atoms with van der Waals surface area (Å²) >= 11 is 0. The van der Waals surface area contributed by atoms with Gasteiger partial charge in [-0.15, -0.1) is 0 Å². The predicted molar refractivity (Wildman–Crippen MR) is 114 cm³/mol. The van der Waals surface area contributed by atoms with Crippen molar-refractivity contribution < 1.29 is 9.59 Å². The van der Waals surface area contributed by atoms with Crippen LogP contribution in [-0.2, 0) is 16.1 Å². The lowest BCUT2D eigenvalue weighted by molar-refractivity contribution is -0.127. The summed E-state index contributed by atoms with van der Waals surface area (Å²) < 4.78 is 0. The molecule has 7 nitrogen and oxygen atoms in total. The average molecular weight is 403 g/mol. The number of benzene rings is 2. The third-order valence-corrected chi connectivity index (χ3v) is 5.63. The van der Waals surface area contributed by atoms with Crippen molar-refractivity contribution in [1.29, 1.82) is 0 Å². The second kappa shape index (κ2) is 8.49. The van der Waals surface area contributed by atoms with Crippen LogP contribution in [0.4, 0.5) is 5.69 Å². The molecule has 154 valence electrons. The van der Waals surface area contributed by atoms with E-state index in [2.05, 4.69) is 15.5 Å². The van der Waals surface area contributed by atoms with Crippen molar-refractivity contribution >= 4 is 17.5 Å². The first-order chi connectivity index (χ1) is 14.5. The van der Waals surface area contributed by atoms with E-state index >= 15 is 0 Å². The maximum absolute atomic E-state index is 13.1. The molecule has 1 fully saturated rings. The number of amides is 2. The number of rotatable bonds is 6. The summed E-state index contributed by atoms with van der Waals surface area (Å²) in [5, 5.41) is 11.4. The molecule has 2 aromatic carbocycles. The Morgan fingerprint density at radius 1 is 1.10 bits per heavy atom. The number of nitrogens with one attached hydrogen (secondary N) is 1. The van der Waals surface area contributed by atoms with Crippen LogP contribution in [0, 0.1) is 19.8 Å². The molecule has 7 heteroatoms. The summed E-state index contributed by atoms with van der Waals surface area (Å²) in [5.74, 6) is -0.546. The van der Waals surface area contributed by atoms with Gasteiger partial charge in [-0.25, -0.2) is 0 Å². The quantitative estimate of drug-likeness (QED) is 0.686. The standard InChI is InChI=1S/C23H25N5O2/c1-16-8-9-20(12-17(16)2)27-14-19(13-22(27)29)23(30)26-21(15-28-24-10-11-25-28)18-6-4-3-5-7-18/h3-12,19,21H,13-15H2,1-2H3,(H,26,30). The van der Waals surface area contributed by atoms with Crippen molar-refractivity contribution in [3.8, 4) is 0 Å². The topological polar surface area (TPSA) is 80.1 Å². The first-order valence-corrected chi connectivity index (χ1v) is 10.1. The molecule has 1 N–H and O–H groups in total. The van der Waals surface area contributed by atoms with Gasteiger partial charge in [0, 0.05) is 18.7 Å². The van der Waals surface area contributed by atoms with Crippen LogP contribution in [0.2, 0.25) is 0 Å². The molecule has 2 atom stereocenters. The molecular formula is C23H25N5O2. The molecule has 0 saturated carbocycles. The van der Waals surface area contributed by atoms with Crippen molar-refractivity contribution in [2.45, 2.75) is 32.9 Å². The Bertz CT molecular complexity index is 1030. The number of carbonyl (C=O) groups is 2. The van der Waals surface area contributed by atoms with Crippen molar-refractivity contribution in [2.75, 3.05) is 11.4 Å². The lowest BCUT2D eigenvalue weighted by Gasteiger charge is -2.21. The molecule has 1 aromatic heterocycles. The van der Waals surface area contributed by atoms with Gasteiger partial charge in [0.25, 0.3) is 0 Å². The molecule has 1 aliphatic heterocycles. The Morgan fingerprint density at radius 2 is 1.83 bits per heavy atom. The second-order valence-electron chi connectivity index (χ2n) is 7.73. The summed E-state index contributed by atoms with van der Waals surface area (Å²) in [6, 6.07) is 15.4. The van der Waals surface area contributed by atoms with E-state index in [4.69, 9.17) is 0 Å². The maximum atomic E-state index is 13.1. The monoisotopic (exact) mass is 403 g/mol. The van der Waals surface area contributed by atoms with E-state index in [1.807, 2.05) is 62.4 Å². The van der Waals surface area contributed by atoms with Crippen LogP contribution in [0.5, 0.6) is 0 Å². The van der Waals surface area contributed by atoms with E-state index in [-0.39, 0.29) is 24.3 Å². The lowest BCUT2D eigenvalue weighted by Crippen LogP contribution is -2.37. The van der Waals surface area contributed by atoms with Gasteiger partial charge in [-0.3, -0.25) is 9.59 Å². The summed E-state index contributed by atoms with van der Waals surface area (Å²) in [6.45, 7) is 4.87. The number of nitrogens with zero attached hydrogens (tertiary/aromatic N) is 4. The SMILES string of the molecule is Cc1ccc(N2CC(C(=O)NC(Cn3nccn3)c3ccccc3)CC2=O)cc1C. The highest BCUT2D eigenvalue weighted by Crippen LogP contribution is 2.27. The third-order valence-electron chi connectivity index (χ3n) is 5.63. The van der Waals surface area contributed by atoms with Crippen LogP contribution in [0.1, 0.15) is 29.2 Å². The fourth-order valence-corrected chi connectivity index (χ4v) is 3.74. The van der Waals surface area contributed by atoms with Gasteiger partial charge in [0.2, 0.25) is 11.8 Å². The van der Waals surface area contributed by atoms with E-state index in [0.29, 0.717) is 13.1 Å². The number of hydrogen-bond donors (Lipinski definition) is 1. The predicted octanol–water partition coefficient (Wildman–Crippen LogP) is 2.81. The van der Waals surface area contributed by atoms with Gasteiger partial charge < -0.3 is 10.2 Å². The van der Waals surface area contributed by atoms with Gasteiger partial charge in [-0.05, 0) is 42.7 Å². The zero-order chi connectivity index (χ0) is 21.1. The normalized spacial score (nSPS) is 17.2. The molecule has 2 unspecified atom stereocenters. The number of anilines is 1. The van der Waals surface area contributed by atoms with Crippen LogP contribution < -0.4 is 10.2 Å². The number of hydrogen-bond acceptors (Lipinski definition) is 4. The van der Waals surface area contributed by atoms with Gasteiger partial charge in [-0.1, -0.05) is 36.4 Å². The molecule has 3 aromatic rings. The fraction of sp³-hybridized carbons (Fsp3) is 0.304. The van der Waals surface area contributed by atoms with Crippen LogP contribution in [0.3, 0.4) is 0 Å². The Morgan fingerprint density at radius 3 is 2.53 bits per heavy atom. The zero-order valence-electron chi connectivity index (χ0n) is 17.2. The molecule has 0 bridgehead atoms. The molecule has 0 aliphatic carbocycles. The van der Waals surface area contributed by atoms with Gasteiger partial charge in [0.15, 0.2) is 0 Å². The van der Waals surface area contributed by atoms with Gasteiger partial charge >= 0.3 is 0 Å². The molecule has 1 aliphatic rings. The first-order valence-electron chi connectivity index (χ1n) is 10.1. The number of carbonyl (C=O) groups excluding carboxylic acids is 2. The Labute approximate surface area is 175 Å². The second-order valence-corrected chi connectivity index (χ2v) is 7.73. The van der Waals surface area contributed by atoms with Crippen molar-refractivity contribution in [3.63, 3.8) is 0 Å². The van der Waals surface area contributed by atoms with Crippen LogP contribution >= 0.6 is 0 Å². The van der Waals surface area contributed by atoms with Gasteiger partial charge in [0.05, 0.1) is 30.9 Å². The number of aryl methyl sites for hydroxylation is 2. The fourth-order valence-electron chi connectivity index (χ4n) is 3.74. The molecule has 1 saturated heterocycles. The highest BCUT2D eigenvalue weighted by Gasteiger charge is 2.36.